The Labute approximate surface area is 183 Å². The average Bonchev–Trinajstić information content (AvgIpc) is 2.80. The van der Waals surface area contributed by atoms with E-state index in [9.17, 15) is 5.11 Å². The second-order valence-electron chi connectivity index (χ2n) is 6.97. The molecule has 5 heteroatoms. The first-order valence-electron chi connectivity index (χ1n) is 9.96. The molecule has 1 N–H and O–H groups in total. The fraction of sp³-hybridized carbons (Fsp3) is 0.240. The quantitative estimate of drug-likeness (QED) is 0.393. The van der Waals surface area contributed by atoms with Crippen molar-refractivity contribution in [2.45, 2.75) is 19.5 Å². The first-order valence-corrected chi connectivity index (χ1v) is 11.2. The van der Waals surface area contributed by atoms with E-state index in [1.165, 1.54) is 11.1 Å². The molecule has 0 aliphatic carbocycles. The molecule has 0 amide bonds. The third-order valence-corrected chi connectivity index (χ3v) is 5.58. The molecular weight excluding hydrogens is 392 g/mol. The number of ether oxygens (including phenoxy) is 1. The molecule has 0 fully saturated rings. The molecule has 0 aliphatic rings. The van der Waals surface area contributed by atoms with Gasteiger partial charge in [0, 0.05) is 13.1 Å². The maximum Gasteiger partial charge on any atom is 0.159 e. The molecule has 3 aromatic rings. The van der Waals surface area contributed by atoms with E-state index >= 15 is 0 Å². The lowest BCUT2D eigenvalue weighted by Gasteiger charge is -2.25. The van der Waals surface area contributed by atoms with Gasteiger partial charge in [0.25, 0.3) is 0 Å². The summed E-state index contributed by atoms with van der Waals surface area (Å²) in [6.07, 6.45) is 2.98. The van der Waals surface area contributed by atoms with Crippen LogP contribution >= 0.6 is 11.8 Å². The second-order valence-corrected chi connectivity index (χ2v) is 7.75. The number of hydrogen-bond acceptors (Lipinski definition) is 4. The monoisotopic (exact) mass is 420 g/mol. The fourth-order valence-electron chi connectivity index (χ4n) is 3.16. The van der Waals surface area contributed by atoms with E-state index in [0.29, 0.717) is 6.54 Å². The van der Waals surface area contributed by atoms with E-state index in [4.69, 9.17) is 9.73 Å². The van der Waals surface area contributed by atoms with Crippen molar-refractivity contribution in [1.29, 1.82) is 0 Å². The van der Waals surface area contributed by atoms with Crippen LogP contribution in [0.15, 0.2) is 83.9 Å². The van der Waals surface area contributed by atoms with E-state index in [1.807, 2.05) is 42.5 Å². The first kappa shape index (κ1) is 21.8. The number of nitrogens with zero attached hydrogens (tertiary/aromatic N) is 2. The largest absolute Gasteiger partial charge is 0.508 e. The number of hydrogen-bond donors (Lipinski definition) is 1. The van der Waals surface area contributed by atoms with Gasteiger partial charge in [-0.3, -0.25) is 4.99 Å². The molecule has 0 bridgehead atoms. The molecule has 0 saturated heterocycles. The molecular formula is C25H28N2O2S. The number of thioether (sulfide) groups is 1. The van der Waals surface area contributed by atoms with Gasteiger partial charge in [0.1, 0.15) is 11.5 Å². The van der Waals surface area contributed by atoms with Crippen molar-refractivity contribution in [2.75, 3.05) is 19.9 Å². The van der Waals surface area contributed by atoms with Gasteiger partial charge in [0.05, 0.1) is 13.7 Å². The Morgan fingerprint density at radius 2 is 1.57 bits per heavy atom. The van der Waals surface area contributed by atoms with Gasteiger partial charge >= 0.3 is 0 Å². The zero-order valence-corrected chi connectivity index (χ0v) is 18.3. The number of phenols is 1. The Balaban J connectivity index is 1.76. The predicted molar refractivity (Wildman–Crippen MR) is 126 cm³/mol. The highest BCUT2D eigenvalue weighted by Crippen LogP contribution is 2.18. The van der Waals surface area contributed by atoms with Gasteiger partial charge < -0.3 is 14.7 Å². The van der Waals surface area contributed by atoms with Crippen molar-refractivity contribution < 1.29 is 9.84 Å². The summed E-state index contributed by atoms with van der Waals surface area (Å²) in [6.45, 7) is 2.25. The van der Waals surface area contributed by atoms with Crippen LogP contribution < -0.4 is 4.74 Å². The van der Waals surface area contributed by atoms with Gasteiger partial charge in [-0.2, -0.15) is 0 Å². The molecule has 30 heavy (non-hydrogen) atoms. The molecule has 3 rings (SSSR count). The smallest absolute Gasteiger partial charge is 0.159 e. The van der Waals surface area contributed by atoms with Crippen molar-refractivity contribution in [1.82, 2.24) is 4.90 Å². The molecule has 4 nitrogen and oxygen atoms in total. The highest BCUT2D eigenvalue weighted by atomic mass is 32.2. The van der Waals surface area contributed by atoms with Crippen LogP contribution in [0.2, 0.25) is 0 Å². The molecule has 0 spiro atoms. The van der Waals surface area contributed by atoms with E-state index in [1.54, 1.807) is 31.0 Å². The van der Waals surface area contributed by atoms with Crippen molar-refractivity contribution in [3.8, 4) is 11.5 Å². The standard InChI is InChI=1S/C25H28N2O2S/c1-29-24-14-10-20(11-15-24)16-17-27(19-22-8-12-23(28)13-9-22)25(30-2)26-18-21-6-4-3-5-7-21/h3-15,28H,16-19H2,1-2H3. The summed E-state index contributed by atoms with van der Waals surface area (Å²) in [6, 6.07) is 25.9. The van der Waals surface area contributed by atoms with Crippen molar-refractivity contribution >= 4 is 16.9 Å². The Kier molecular flexibility index (Phi) is 8.21. The Hall–Kier alpha value is -2.92. The summed E-state index contributed by atoms with van der Waals surface area (Å²) in [5, 5.41) is 10.6. The first-order chi connectivity index (χ1) is 14.7. The van der Waals surface area contributed by atoms with Crippen LogP contribution in [-0.4, -0.2) is 35.1 Å². The van der Waals surface area contributed by atoms with E-state index in [0.717, 1.165) is 36.0 Å². The van der Waals surface area contributed by atoms with E-state index in [2.05, 4.69) is 35.4 Å². The number of methoxy groups -OCH3 is 1. The van der Waals surface area contributed by atoms with Gasteiger partial charge in [-0.25, -0.2) is 0 Å². The number of aromatic hydroxyl groups is 1. The minimum Gasteiger partial charge on any atom is -0.508 e. The highest BCUT2D eigenvalue weighted by Gasteiger charge is 2.12. The number of amidine groups is 1. The predicted octanol–water partition coefficient (Wildman–Crippen LogP) is 5.36. The lowest BCUT2D eigenvalue weighted by molar-refractivity contribution is 0.413. The van der Waals surface area contributed by atoms with Gasteiger partial charge in [-0.1, -0.05) is 66.4 Å². The summed E-state index contributed by atoms with van der Waals surface area (Å²) >= 11 is 1.67. The van der Waals surface area contributed by atoms with Crippen molar-refractivity contribution in [3.05, 3.63) is 95.6 Å². The van der Waals surface area contributed by atoms with Gasteiger partial charge in [-0.15, -0.1) is 0 Å². The molecule has 0 radical (unpaired) electrons. The summed E-state index contributed by atoms with van der Waals surface area (Å²) < 4.78 is 5.26. The minimum absolute atomic E-state index is 0.284. The second kappa shape index (κ2) is 11.3. The van der Waals surface area contributed by atoms with Crippen molar-refractivity contribution in [3.63, 3.8) is 0 Å². The zero-order valence-electron chi connectivity index (χ0n) is 17.5. The van der Waals surface area contributed by atoms with Crippen LogP contribution in [0.5, 0.6) is 11.5 Å². The van der Waals surface area contributed by atoms with Crippen LogP contribution in [0.4, 0.5) is 0 Å². The van der Waals surface area contributed by atoms with Crippen LogP contribution in [0, 0.1) is 0 Å². The topological polar surface area (TPSA) is 45.1 Å². The Morgan fingerprint density at radius 3 is 2.20 bits per heavy atom. The molecule has 0 unspecified atom stereocenters. The maximum atomic E-state index is 9.60. The number of benzene rings is 3. The van der Waals surface area contributed by atoms with Crippen LogP contribution in [0.3, 0.4) is 0 Å². The molecule has 0 heterocycles. The van der Waals surface area contributed by atoms with Gasteiger partial charge in [-0.05, 0) is 53.6 Å². The van der Waals surface area contributed by atoms with Crippen LogP contribution in [0.1, 0.15) is 16.7 Å². The summed E-state index contributed by atoms with van der Waals surface area (Å²) in [4.78, 5) is 7.21. The molecule has 3 aromatic carbocycles. The molecule has 0 atom stereocenters. The number of rotatable bonds is 8. The highest BCUT2D eigenvalue weighted by molar-refractivity contribution is 8.13. The van der Waals surface area contributed by atoms with Crippen LogP contribution in [-0.2, 0) is 19.5 Å². The lowest BCUT2D eigenvalue weighted by Crippen LogP contribution is -2.30. The van der Waals surface area contributed by atoms with Crippen LogP contribution in [0.25, 0.3) is 0 Å². The molecule has 0 aliphatic heterocycles. The zero-order chi connectivity index (χ0) is 21.2. The van der Waals surface area contributed by atoms with E-state index < -0.39 is 0 Å². The maximum absolute atomic E-state index is 9.60. The molecule has 0 aromatic heterocycles. The fourth-order valence-corrected chi connectivity index (χ4v) is 3.76. The number of phenolic OH excluding ortho intramolecular Hbond substituents is 1. The third-order valence-electron chi connectivity index (χ3n) is 4.83. The minimum atomic E-state index is 0.284. The SMILES string of the molecule is COc1ccc(CCN(Cc2ccc(O)cc2)C(=NCc2ccccc2)SC)cc1. The lowest BCUT2D eigenvalue weighted by atomic mass is 10.1. The summed E-state index contributed by atoms with van der Waals surface area (Å²) in [5.74, 6) is 1.15. The normalized spacial score (nSPS) is 11.3. The van der Waals surface area contributed by atoms with Crippen molar-refractivity contribution in [2.24, 2.45) is 4.99 Å². The molecule has 156 valence electrons. The summed E-state index contributed by atoms with van der Waals surface area (Å²) in [7, 11) is 1.68. The number of aliphatic imine (C=N–C) groups is 1. The van der Waals surface area contributed by atoms with Gasteiger partial charge in [0.2, 0.25) is 0 Å². The van der Waals surface area contributed by atoms with Gasteiger partial charge in [0.15, 0.2) is 5.17 Å². The Bertz CT molecular complexity index is 926. The average molecular weight is 421 g/mol. The Morgan fingerprint density at radius 1 is 0.900 bits per heavy atom. The third kappa shape index (κ3) is 6.56. The van der Waals surface area contributed by atoms with E-state index in [-0.39, 0.29) is 5.75 Å². The summed E-state index contributed by atoms with van der Waals surface area (Å²) in [5.41, 5.74) is 3.60. The molecule has 0 saturated carbocycles.